The Kier molecular flexibility index (Phi) is 2.25. The molecule has 0 bridgehead atoms. The number of amides is 1. The van der Waals surface area contributed by atoms with Crippen LogP contribution in [0.15, 0.2) is 0 Å². The first-order valence-electron chi connectivity index (χ1n) is 3.57. The minimum Gasteiger partial charge on any atom is -0.378 e. The second kappa shape index (κ2) is 2.85. The van der Waals surface area contributed by atoms with Gasteiger partial charge < -0.3 is 15.7 Å². The zero-order valence-electron chi connectivity index (χ0n) is 6.64. The highest BCUT2D eigenvalue weighted by Crippen LogP contribution is 2.37. The molecular formula is C6H9F3N2O2. The van der Waals surface area contributed by atoms with Crippen LogP contribution in [0, 0.1) is 0 Å². The summed E-state index contributed by atoms with van der Waals surface area (Å²) >= 11 is 0. The quantitative estimate of drug-likeness (QED) is 0.572. The lowest BCUT2D eigenvalue weighted by atomic mass is 9.93. The van der Waals surface area contributed by atoms with Gasteiger partial charge in [-0.3, -0.25) is 4.79 Å². The van der Waals surface area contributed by atoms with Crippen molar-refractivity contribution in [3.05, 3.63) is 0 Å². The molecule has 1 aliphatic rings. The van der Waals surface area contributed by atoms with Gasteiger partial charge in [-0.1, -0.05) is 0 Å². The molecule has 0 aromatic heterocycles. The zero-order chi connectivity index (χ0) is 10.3. The van der Waals surface area contributed by atoms with E-state index >= 15 is 0 Å². The number of nitrogens with two attached hydrogens (primary N) is 1. The highest BCUT2D eigenvalue weighted by atomic mass is 19.4. The van der Waals surface area contributed by atoms with Crippen LogP contribution < -0.4 is 5.73 Å². The van der Waals surface area contributed by atoms with Crippen LogP contribution in [0.1, 0.15) is 0 Å². The van der Waals surface area contributed by atoms with Crippen molar-refractivity contribution in [3.8, 4) is 0 Å². The molecule has 0 radical (unpaired) electrons. The van der Waals surface area contributed by atoms with E-state index in [-0.39, 0.29) is 6.54 Å². The first kappa shape index (κ1) is 10.3. The number of hydrogen-bond acceptors (Lipinski definition) is 3. The van der Waals surface area contributed by atoms with E-state index in [2.05, 4.69) is 0 Å². The normalized spacial score (nSPS) is 21.2. The van der Waals surface area contributed by atoms with E-state index in [9.17, 15) is 18.0 Å². The minimum atomic E-state index is -4.68. The van der Waals surface area contributed by atoms with Crippen molar-refractivity contribution in [1.29, 1.82) is 0 Å². The molecule has 0 spiro atoms. The Hall–Kier alpha value is -0.820. The molecule has 0 aliphatic carbocycles. The van der Waals surface area contributed by atoms with Gasteiger partial charge in [-0.2, -0.15) is 13.2 Å². The van der Waals surface area contributed by atoms with Crippen molar-refractivity contribution in [2.24, 2.45) is 5.73 Å². The molecule has 7 heteroatoms. The van der Waals surface area contributed by atoms with E-state index in [0.717, 1.165) is 4.90 Å². The minimum absolute atomic E-state index is 0.339. The van der Waals surface area contributed by atoms with Crippen molar-refractivity contribution in [2.75, 3.05) is 19.6 Å². The molecule has 0 aromatic rings. The third-order valence-electron chi connectivity index (χ3n) is 1.96. The SMILES string of the molecule is NCC(=O)N1CC(O)(C(F)(F)F)C1. The topological polar surface area (TPSA) is 66.6 Å². The Bertz CT molecular complexity index is 222. The lowest BCUT2D eigenvalue weighted by molar-refractivity contribution is -0.297. The second-order valence-electron chi connectivity index (χ2n) is 2.98. The Morgan fingerprint density at radius 1 is 1.54 bits per heavy atom. The van der Waals surface area contributed by atoms with Gasteiger partial charge >= 0.3 is 6.18 Å². The van der Waals surface area contributed by atoms with Crippen LogP contribution >= 0.6 is 0 Å². The van der Waals surface area contributed by atoms with Crippen LogP contribution in [0.25, 0.3) is 0 Å². The smallest absolute Gasteiger partial charge is 0.378 e. The molecule has 13 heavy (non-hydrogen) atoms. The van der Waals surface area contributed by atoms with E-state index in [1.165, 1.54) is 0 Å². The van der Waals surface area contributed by atoms with E-state index in [0.29, 0.717) is 0 Å². The summed E-state index contributed by atoms with van der Waals surface area (Å²) in [5.41, 5.74) is 2.19. The number of hydrogen-bond donors (Lipinski definition) is 2. The highest BCUT2D eigenvalue weighted by molar-refractivity contribution is 5.79. The van der Waals surface area contributed by atoms with Crippen LogP contribution in [0.5, 0.6) is 0 Å². The van der Waals surface area contributed by atoms with Gasteiger partial charge in [-0.25, -0.2) is 0 Å². The summed E-state index contributed by atoms with van der Waals surface area (Å²) < 4.78 is 36.0. The fraction of sp³-hybridized carbons (Fsp3) is 0.833. The third kappa shape index (κ3) is 1.61. The molecule has 4 nitrogen and oxygen atoms in total. The van der Waals surface area contributed by atoms with Crippen molar-refractivity contribution < 1.29 is 23.1 Å². The summed E-state index contributed by atoms with van der Waals surface area (Å²) in [5, 5.41) is 8.90. The molecule has 1 fully saturated rings. The van der Waals surface area contributed by atoms with Gasteiger partial charge in [0.1, 0.15) is 0 Å². The number of rotatable bonds is 1. The van der Waals surface area contributed by atoms with Gasteiger partial charge in [-0.05, 0) is 0 Å². The van der Waals surface area contributed by atoms with Crippen molar-refractivity contribution in [3.63, 3.8) is 0 Å². The van der Waals surface area contributed by atoms with Crippen LogP contribution in [-0.2, 0) is 4.79 Å². The number of halogens is 3. The maximum Gasteiger partial charge on any atom is 0.420 e. The zero-order valence-corrected chi connectivity index (χ0v) is 6.64. The van der Waals surface area contributed by atoms with Gasteiger partial charge in [0.15, 0.2) is 5.60 Å². The molecule has 0 atom stereocenters. The van der Waals surface area contributed by atoms with Crippen molar-refractivity contribution in [2.45, 2.75) is 11.8 Å². The number of likely N-dealkylation sites (tertiary alicyclic amines) is 1. The van der Waals surface area contributed by atoms with Gasteiger partial charge in [0.25, 0.3) is 0 Å². The summed E-state index contributed by atoms with van der Waals surface area (Å²) in [6.45, 7) is -1.77. The van der Waals surface area contributed by atoms with Crippen LogP contribution in [-0.4, -0.2) is 47.3 Å². The fourth-order valence-corrected chi connectivity index (χ4v) is 1.07. The maximum atomic E-state index is 12.0. The molecule has 0 saturated carbocycles. The van der Waals surface area contributed by atoms with E-state index < -0.39 is 30.8 Å². The van der Waals surface area contributed by atoms with E-state index in [1.807, 2.05) is 0 Å². The monoisotopic (exact) mass is 198 g/mol. The van der Waals surface area contributed by atoms with Gasteiger partial charge in [-0.15, -0.1) is 0 Å². The molecule has 3 N–H and O–H groups in total. The molecular weight excluding hydrogens is 189 g/mol. The maximum absolute atomic E-state index is 12.0. The molecule has 1 rings (SSSR count). The van der Waals surface area contributed by atoms with E-state index in [4.69, 9.17) is 10.8 Å². The molecule has 1 saturated heterocycles. The first-order chi connectivity index (χ1) is 5.80. The lowest BCUT2D eigenvalue weighted by Gasteiger charge is -2.46. The summed E-state index contributed by atoms with van der Waals surface area (Å²) in [5.74, 6) is -0.589. The Balaban J connectivity index is 2.53. The number of aliphatic hydroxyl groups is 1. The number of nitrogens with zero attached hydrogens (tertiary/aromatic N) is 1. The predicted octanol–water partition coefficient (Wildman–Crippen LogP) is -0.919. The van der Waals surface area contributed by atoms with Gasteiger partial charge in [0.05, 0.1) is 19.6 Å². The number of alkyl halides is 3. The van der Waals surface area contributed by atoms with Crippen molar-refractivity contribution >= 4 is 5.91 Å². The summed E-state index contributed by atoms with van der Waals surface area (Å²) in [4.78, 5) is 11.6. The molecule has 76 valence electrons. The summed E-state index contributed by atoms with van der Waals surface area (Å²) in [7, 11) is 0. The van der Waals surface area contributed by atoms with Gasteiger partial charge in [0.2, 0.25) is 5.91 Å². The number of carbonyl (C=O) groups excluding carboxylic acids is 1. The molecule has 0 aromatic carbocycles. The molecule has 0 unspecified atom stereocenters. The Morgan fingerprint density at radius 2 is 2.00 bits per heavy atom. The van der Waals surface area contributed by atoms with Gasteiger partial charge in [0, 0.05) is 0 Å². The number of carbonyl (C=O) groups is 1. The largest absolute Gasteiger partial charge is 0.420 e. The second-order valence-corrected chi connectivity index (χ2v) is 2.98. The Labute approximate surface area is 72.1 Å². The summed E-state index contributed by atoms with van der Waals surface area (Å²) in [6, 6.07) is 0. The van der Waals surface area contributed by atoms with Crippen molar-refractivity contribution in [1.82, 2.24) is 4.90 Å². The summed E-state index contributed by atoms with van der Waals surface area (Å²) in [6.07, 6.45) is -4.68. The molecule has 1 heterocycles. The number of β-amino-alcohol motifs (C(OH)–C–C–N with tert-alkyl or cyclic N) is 1. The highest BCUT2D eigenvalue weighted by Gasteiger charge is 2.61. The first-order valence-corrected chi connectivity index (χ1v) is 3.57. The average molecular weight is 198 g/mol. The average Bonchev–Trinajstić information content (AvgIpc) is 1.95. The predicted molar refractivity (Wildman–Crippen MR) is 36.6 cm³/mol. The van der Waals surface area contributed by atoms with Crippen LogP contribution in [0.2, 0.25) is 0 Å². The van der Waals surface area contributed by atoms with E-state index in [1.54, 1.807) is 0 Å². The lowest BCUT2D eigenvalue weighted by Crippen LogP contribution is -2.70. The van der Waals surface area contributed by atoms with Crippen LogP contribution in [0.4, 0.5) is 13.2 Å². The standard InChI is InChI=1S/C6H9F3N2O2/c7-6(8,9)5(13)2-11(3-5)4(12)1-10/h13H,1-3,10H2. The Morgan fingerprint density at radius 3 is 2.31 bits per heavy atom. The van der Waals surface area contributed by atoms with Crippen LogP contribution in [0.3, 0.4) is 0 Å². The molecule has 1 amide bonds. The fourth-order valence-electron chi connectivity index (χ4n) is 1.07. The molecule has 1 aliphatic heterocycles. The third-order valence-corrected chi connectivity index (χ3v) is 1.96.